The number of anilines is 1. The van der Waals surface area contributed by atoms with Crippen molar-refractivity contribution in [3.05, 3.63) is 70.4 Å². The number of rotatable bonds is 4. The monoisotopic (exact) mass is 397 g/mol. The summed E-state index contributed by atoms with van der Waals surface area (Å²) in [6, 6.07) is 8.50. The highest BCUT2D eigenvalue weighted by atomic mass is 19.1. The molecule has 0 unspecified atom stereocenters. The Kier molecular flexibility index (Phi) is 5.05. The zero-order valence-corrected chi connectivity index (χ0v) is 16.0. The smallest absolute Gasteiger partial charge is 0.329 e. The van der Waals surface area contributed by atoms with Crippen molar-refractivity contribution in [1.82, 2.24) is 10.2 Å². The molecule has 0 spiro atoms. The number of nitrogens with zero attached hydrogens (tertiary/aromatic N) is 2. The van der Waals surface area contributed by atoms with Gasteiger partial charge in [0.15, 0.2) is 0 Å². The van der Waals surface area contributed by atoms with E-state index in [9.17, 15) is 18.4 Å². The standard InChI is InChI=1S/C22H21F2N3O2/c1-14-10-20(26-8-4-5-9-26)18(24)11-16(14)12-19-21(28)27(22(29)25-19)13-15-6-2-3-7-17(15)23/h2-3,6-7,10-12H,4-5,8-9,13H2,1H3,(H,25,29)/b19-12-. The molecule has 2 aromatic carbocycles. The zero-order valence-electron chi connectivity index (χ0n) is 16.0. The molecule has 0 bridgehead atoms. The zero-order chi connectivity index (χ0) is 20.5. The van der Waals surface area contributed by atoms with Crippen molar-refractivity contribution < 1.29 is 18.4 Å². The highest BCUT2D eigenvalue weighted by Gasteiger charge is 2.34. The van der Waals surface area contributed by atoms with Crippen LogP contribution in [0.1, 0.15) is 29.5 Å². The van der Waals surface area contributed by atoms with Gasteiger partial charge in [-0.25, -0.2) is 13.6 Å². The molecule has 1 N–H and O–H groups in total. The van der Waals surface area contributed by atoms with Crippen molar-refractivity contribution in [2.24, 2.45) is 0 Å². The second kappa shape index (κ2) is 7.66. The summed E-state index contributed by atoms with van der Waals surface area (Å²) in [6.45, 7) is 3.33. The quantitative estimate of drug-likeness (QED) is 0.628. The molecular weight excluding hydrogens is 376 g/mol. The van der Waals surface area contributed by atoms with Crippen molar-refractivity contribution in [1.29, 1.82) is 0 Å². The number of amides is 3. The second-order valence-corrected chi connectivity index (χ2v) is 7.33. The van der Waals surface area contributed by atoms with Crippen molar-refractivity contribution in [3.63, 3.8) is 0 Å². The van der Waals surface area contributed by atoms with Gasteiger partial charge in [0, 0.05) is 18.7 Å². The Balaban J connectivity index is 1.58. The minimum Gasteiger partial charge on any atom is -0.369 e. The maximum absolute atomic E-state index is 14.6. The van der Waals surface area contributed by atoms with E-state index in [2.05, 4.69) is 5.32 Å². The second-order valence-electron chi connectivity index (χ2n) is 7.33. The summed E-state index contributed by atoms with van der Waals surface area (Å²) in [7, 11) is 0. The summed E-state index contributed by atoms with van der Waals surface area (Å²) in [5.41, 5.74) is 2.17. The van der Waals surface area contributed by atoms with Gasteiger partial charge in [-0.2, -0.15) is 0 Å². The Morgan fingerprint density at radius 1 is 1.07 bits per heavy atom. The van der Waals surface area contributed by atoms with E-state index >= 15 is 0 Å². The van der Waals surface area contributed by atoms with Crippen LogP contribution in [0.25, 0.3) is 6.08 Å². The summed E-state index contributed by atoms with van der Waals surface area (Å²) < 4.78 is 28.5. The van der Waals surface area contributed by atoms with E-state index in [-0.39, 0.29) is 23.6 Å². The number of nitrogens with one attached hydrogen (secondary N) is 1. The van der Waals surface area contributed by atoms with Gasteiger partial charge in [-0.1, -0.05) is 18.2 Å². The van der Waals surface area contributed by atoms with Gasteiger partial charge in [0.2, 0.25) is 0 Å². The fraction of sp³-hybridized carbons (Fsp3) is 0.273. The van der Waals surface area contributed by atoms with Crippen LogP contribution < -0.4 is 10.2 Å². The molecule has 2 saturated heterocycles. The summed E-state index contributed by atoms with van der Waals surface area (Å²) in [5.74, 6) is -1.41. The van der Waals surface area contributed by atoms with Gasteiger partial charge in [0.05, 0.1) is 12.2 Å². The Morgan fingerprint density at radius 3 is 2.52 bits per heavy atom. The molecule has 0 saturated carbocycles. The van der Waals surface area contributed by atoms with Crippen LogP contribution in [0.15, 0.2) is 42.1 Å². The summed E-state index contributed by atoms with van der Waals surface area (Å²) in [4.78, 5) is 27.8. The molecule has 150 valence electrons. The molecule has 5 nitrogen and oxygen atoms in total. The number of hydrogen-bond donors (Lipinski definition) is 1. The molecule has 0 radical (unpaired) electrons. The SMILES string of the molecule is Cc1cc(N2CCCC2)c(F)cc1/C=C1\NC(=O)N(Cc2ccccc2F)C1=O. The minimum absolute atomic E-state index is 0.0442. The van der Waals surface area contributed by atoms with Crippen molar-refractivity contribution in [2.45, 2.75) is 26.3 Å². The summed E-state index contributed by atoms with van der Waals surface area (Å²) in [6.07, 6.45) is 3.55. The molecule has 3 amide bonds. The van der Waals surface area contributed by atoms with Crippen LogP contribution in [0, 0.1) is 18.6 Å². The van der Waals surface area contributed by atoms with Gasteiger partial charge < -0.3 is 10.2 Å². The molecule has 2 heterocycles. The molecule has 2 aliphatic heterocycles. The molecule has 2 fully saturated rings. The lowest BCUT2D eigenvalue weighted by atomic mass is 10.1. The number of aryl methyl sites for hydroxylation is 1. The Bertz CT molecular complexity index is 1010. The first-order chi connectivity index (χ1) is 13.9. The lowest BCUT2D eigenvalue weighted by Gasteiger charge is -2.19. The fourth-order valence-corrected chi connectivity index (χ4v) is 3.71. The number of urea groups is 1. The van der Waals surface area contributed by atoms with Gasteiger partial charge in [0.25, 0.3) is 5.91 Å². The van der Waals surface area contributed by atoms with Crippen molar-refractivity contribution >= 4 is 23.7 Å². The third-order valence-corrected chi connectivity index (χ3v) is 5.33. The van der Waals surface area contributed by atoms with Gasteiger partial charge in [-0.05, 0) is 55.2 Å². The maximum atomic E-state index is 14.6. The molecule has 2 aromatic rings. The molecule has 0 aliphatic carbocycles. The first kappa shape index (κ1) is 19.1. The minimum atomic E-state index is -0.628. The maximum Gasteiger partial charge on any atom is 0.329 e. The van der Waals surface area contributed by atoms with E-state index in [1.165, 1.54) is 24.3 Å². The van der Waals surface area contributed by atoms with E-state index in [0.717, 1.165) is 36.4 Å². The Labute approximate surface area is 167 Å². The first-order valence-electron chi connectivity index (χ1n) is 9.57. The molecule has 2 aliphatic rings. The summed E-state index contributed by atoms with van der Waals surface area (Å²) >= 11 is 0. The number of benzene rings is 2. The first-order valence-corrected chi connectivity index (χ1v) is 9.57. The van der Waals surface area contributed by atoms with Crippen LogP contribution in [0.5, 0.6) is 0 Å². The topological polar surface area (TPSA) is 52.7 Å². The lowest BCUT2D eigenvalue weighted by Crippen LogP contribution is -2.30. The van der Waals surface area contributed by atoms with Crippen molar-refractivity contribution in [2.75, 3.05) is 18.0 Å². The molecule has 0 aromatic heterocycles. The summed E-state index contributed by atoms with van der Waals surface area (Å²) in [5, 5.41) is 2.50. The van der Waals surface area contributed by atoms with Crippen molar-refractivity contribution in [3.8, 4) is 0 Å². The van der Waals surface area contributed by atoms with Crippen LogP contribution in [0.2, 0.25) is 0 Å². The number of halogens is 2. The van der Waals surface area contributed by atoms with Crippen LogP contribution in [-0.2, 0) is 11.3 Å². The fourth-order valence-electron chi connectivity index (χ4n) is 3.71. The van der Waals surface area contributed by atoms with Crippen LogP contribution in [0.4, 0.5) is 19.3 Å². The van der Waals surface area contributed by atoms with Crippen LogP contribution in [-0.4, -0.2) is 29.9 Å². The average molecular weight is 397 g/mol. The highest BCUT2D eigenvalue weighted by Crippen LogP contribution is 2.28. The number of carbonyl (C=O) groups is 2. The van der Waals surface area contributed by atoms with E-state index in [1.54, 1.807) is 18.2 Å². The molecule has 29 heavy (non-hydrogen) atoms. The van der Waals surface area contributed by atoms with Gasteiger partial charge in [-0.15, -0.1) is 0 Å². The molecule has 4 rings (SSSR count). The van der Waals surface area contributed by atoms with E-state index in [0.29, 0.717) is 11.3 Å². The van der Waals surface area contributed by atoms with E-state index < -0.39 is 17.8 Å². The average Bonchev–Trinajstić information content (AvgIpc) is 3.31. The van der Waals surface area contributed by atoms with E-state index in [4.69, 9.17) is 0 Å². The number of hydrogen-bond acceptors (Lipinski definition) is 3. The Morgan fingerprint density at radius 2 is 1.79 bits per heavy atom. The number of carbonyl (C=O) groups excluding carboxylic acids is 2. The van der Waals surface area contributed by atoms with Crippen LogP contribution in [0.3, 0.4) is 0 Å². The molecular formula is C22H21F2N3O2. The predicted molar refractivity (Wildman–Crippen MR) is 106 cm³/mol. The van der Waals surface area contributed by atoms with Gasteiger partial charge in [-0.3, -0.25) is 9.69 Å². The number of imide groups is 1. The molecule has 7 heteroatoms. The highest BCUT2D eigenvalue weighted by molar-refractivity contribution is 6.14. The van der Waals surface area contributed by atoms with Crippen LogP contribution >= 0.6 is 0 Å². The van der Waals surface area contributed by atoms with Gasteiger partial charge in [0.1, 0.15) is 17.3 Å². The lowest BCUT2D eigenvalue weighted by molar-refractivity contribution is -0.123. The third kappa shape index (κ3) is 3.72. The third-order valence-electron chi connectivity index (χ3n) is 5.33. The largest absolute Gasteiger partial charge is 0.369 e. The predicted octanol–water partition coefficient (Wildman–Crippen LogP) is 3.97. The normalized spacial score (nSPS) is 18.1. The Hall–Kier alpha value is -3.22. The van der Waals surface area contributed by atoms with Gasteiger partial charge >= 0.3 is 6.03 Å². The van der Waals surface area contributed by atoms with E-state index in [1.807, 2.05) is 11.8 Å². The molecule has 0 atom stereocenters.